The largest absolute Gasteiger partial charge is 0.481 e. The number of fused-ring (bicyclic) bond motifs is 1. The van der Waals surface area contributed by atoms with Crippen molar-refractivity contribution < 1.29 is 27.8 Å². The number of aromatic carboxylic acids is 1. The molecule has 1 aromatic carbocycles. The summed E-state index contributed by atoms with van der Waals surface area (Å²) < 4.78 is 46.2. The highest BCUT2D eigenvalue weighted by molar-refractivity contribution is 5.92. The summed E-state index contributed by atoms with van der Waals surface area (Å²) in [7, 11) is 1.49. The van der Waals surface area contributed by atoms with Crippen LogP contribution >= 0.6 is 0 Å². The van der Waals surface area contributed by atoms with E-state index in [2.05, 4.69) is 25.3 Å². The van der Waals surface area contributed by atoms with Crippen LogP contribution in [-0.2, 0) is 12.7 Å². The van der Waals surface area contributed by atoms with Crippen molar-refractivity contribution >= 4 is 23.0 Å². The molecule has 37 heavy (non-hydrogen) atoms. The Balaban J connectivity index is 1.67. The first-order valence-electron chi connectivity index (χ1n) is 11.6. The number of methoxy groups -OCH3 is 1. The lowest BCUT2D eigenvalue weighted by atomic mass is 10.1. The third kappa shape index (κ3) is 5.04. The molecule has 0 aliphatic heterocycles. The van der Waals surface area contributed by atoms with Crippen LogP contribution in [-0.4, -0.2) is 48.7 Å². The Hall–Kier alpha value is -4.22. The van der Waals surface area contributed by atoms with E-state index < -0.39 is 23.5 Å². The monoisotopic (exact) mass is 512 g/mol. The van der Waals surface area contributed by atoms with Crippen LogP contribution in [0.25, 0.3) is 22.6 Å². The van der Waals surface area contributed by atoms with E-state index in [4.69, 9.17) is 4.74 Å². The van der Waals surface area contributed by atoms with Crippen LogP contribution in [0.2, 0.25) is 0 Å². The fourth-order valence-corrected chi connectivity index (χ4v) is 4.15. The van der Waals surface area contributed by atoms with Crippen molar-refractivity contribution in [2.24, 2.45) is 5.92 Å². The van der Waals surface area contributed by atoms with Gasteiger partial charge in [-0.3, -0.25) is 0 Å². The molecule has 192 valence electrons. The van der Waals surface area contributed by atoms with Gasteiger partial charge in [0.25, 0.3) is 0 Å². The predicted molar refractivity (Wildman–Crippen MR) is 128 cm³/mol. The SMILES string of the molecule is COc1ccc(-c2nc3nc(C(=O)O)nc(N[C@H](C)C4CC4)c3n2Cc2ccc(C(F)(F)F)cc2)cn1. The number of halogens is 3. The number of carboxylic acid groups (broad SMARTS) is 1. The average Bonchev–Trinajstić information content (AvgIpc) is 3.66. The van der Waals surface area contributed by atoms with E-state index in [9.17, 15) is 23.1 Å². The maximum atomic E-state index is 13.1. The molecule has 1 fully saturated rings. The van der Waals surface area contributed by atoms with E-state index >= 15 is 0 Å². The predicted octanol–water partition coefficient (Wildman–Crippen LogP) is 4.87. The Labute approximate surface area is 209 Å². The molecule has 5 rings (SSSR count). The maximum absolute atomic E-state index is 13.1. The minimum absolute atomic E-state index is 0.0280. The fraction of sp³-hybridized carbons (Fsp3) is 0.320. The molecule has 0 radical (unpaired) electrons. The van der Waals surface area contributed by atoms with Crippen LogP contribution in [0.3, 0.4) is 0 Å². The number of nitrogens with zero attached hydrogens (tertiary/aromatic N) is 5. The number of ether oxygens (including phenoxy) is 1. The van der Waals surface area contributed by atoms with Gasteiger partial charge in [-0.25, -0.2) is 24.7 Å². The van der Waals surface area contributed by atoms with Gasteiger partial charge in [0.15, 0.2) is 11.5 Å². The van der Waals surface area contributed by atoms with Crippen LogP contribution < -0.4 is 10.1 Å². The number of pyridine rings is 1. The third-order valence-corrected chi connectivity index (χ3v) is 6.31. The van der Waals surface area contributed by atoms with Gasteiger partial charge in [0, 0.05) is 30.4 Å². The van der Waals surface area contributed by atoms with Crippen molar-refractivity contribution in [2.75, 3.05) is 12.4 Å². The number of aromatic nitrogens is 5. The first-order chi connectivity index (χ1) is 17.6. The summed E-state index contributed by atoms with van der Waals surface area (Å²) in [6, 6.07) is 8.27. The Bertz CT molecular complexity index is 1450. The molecule has 1 aliphatic rings. The molecule has 3 aromatic heterocycles. The van der Waals surface area contributed by atoms with Gasteiger partial charge in [-0.2, -0.15) is 13.2 Å². The Kier molecular flexibility index (Phi) is 6.18. The minimum Gasteiger partial charge on any atom is -0.481 e. The van der Waals surface area contributed by atoms with Crippen LogP contribution in [0, 0.1) is 5.92 Å². The van der Waals surface area contributed by atoms with Crippen LogP contribution in [0.1, 0.15) is 41.5 Å². The van der Waals surface area contributed by atoms with E-state index in [0.29, 0.717) is 40.1 Å². The first-order valence-corrected chi connectivity index (χ1v) is 11.6. The van der Waals surface area contributed by atoms with Gasteiger partial charge in [-0.1, -0.05) is 12.1 Å². The third-order valence-electron chi connectivity index (χ3n) is 6.31. The average molecular weight is 512 g/mol. The quantitative estimate of drug-likeness (QED) is 0.344. The van der Waals surface area contributed by atoms with Gasteiger partial charge in [0.2, 0.25) is 11.7 Å². The zero-order valence-corrected chi connectivity index (χ0v) is 20.0. The number of rotatable bonds is 8. The summed E-state index contributed by atoms with van der Waals surface area (Å²) in [5, 5.41) is 12.9. The number of benzene rings is 1. The number of hydrogen-bond acceptors (Lipinski definition) is 7. The van der Waals surface area contributed by atoms with Crippen molar-refractivity contribution in [3.63, 3.8) is 0 Å². The Morgan fingerprint density at radius 1 is 1.16 bits per heavy atom. The first kappa shape index (κ1) is 24.5. The van der Waals surface area contributed by atoms with Gasteiger partial charge in [-0.15, -0.1) is 0 Å². The van der Waals surface area contributed by atoms with Gasteiger partial charge in [0.05, 0.1) is 12.7 Å². The van der Waals surface area contributed by atoms with E-state index in [1.54, 1.807) is 22.9 Å². The second-order valence-corrected chi connectivity index (χ2v) is 8.95. The van der Waals surface area contributed by atoms with Crippen molar-refractivity contribution in [2.45, 2.75) is 38.5 Å². The molecule has 12 heteroatoms. The molecule has 0 spiro atoms. The molecule has 1 atom stereocenters. The van der Waals surface area contributed by atoms with Gasteiger partial charge < -0.3 is 19.7 Å². The molecule has 1 saturated carbocycles. The minimum atomic E-state index is -4.45. The lowest BCUT2D eigenvalue weighted by molar-refractivity contribution is -0.137. The van der Waals surface area contributed by atoms with Crippen molar-refractivity contribution in [1.29, 1.82) is 0 Å². The number of carbonyl (C=O) groups is 1. The van der Waals surface area contributed by atoms with Crippen molar-refractivity contribution in [1.82, 2.24) is 24.5 Å². The number of anilines is 1. The Morgan fingerprint density at radius 2 is 1.89 bits per heavy atom. The van der Waals surface area contributed by atoms with Crippen LogP contribution in [0.5, 0.6) is 5.88 Å². The fourth-order valence-electron chi connectivity index (χ4n) is 4.15. The molecule has 2 N–H and O–H groups in total. The highest BCUT2D eigenvalue weighted by Crippen LogP contribution is 2.36. The van der Waals surface area contributed by atoms with E-state index in [1.807, 2.05) is 6.92 Å². The zero-order valence-electron chi connectivity index (χ0n) is 20.0. The lowest BCUT2D eigenvalue weighted by Gasteiger charge is -2.17. The smallest absolute Gasteiger partial charge is 0.416 e. The summed E-state index contributed by atoms with van der Waals surface area (Å²) >= 11 is 0. The lowest BCUT2D eigenvalue weighted by Crippen LogP contribution is -2.20. The zero-order chi connectivity index (χ0) is 26.3. The summed E-state index contributed by atoms with van der Waals surface area (Å²) in [4.78, 5) is 29.0. The molecular formula is C25H23F3N6O3. The topological polar surface area (TPSA) is 115 Å². The molecule has 3 heterocycles. The summed E-state index contributed by atoms with van der Waals surface area (Å²) in [6.07, 6.45) is -0.782. The standard InChI is InChI=1S/C25H23F3N6O3/c1-13(15-5-6-15)30-20-19-21(32-22(31-20)24(35)36)33-23(16-7-10-18(37-2)29-11-16)34(19)12-14-3-8-17(9-4-14)25(26,27)28/h3-4,7-11,13,15H,5-6,12H2,1-2H3,(H,35,36)(H,30,31,32)/t13-/m1/s1. The van der Waals surface area contributed by atoms with Crippen molar-refractivity contribution in [3.05, 3.63) is 59.5 Å². The van der Waals surface area contributed by atoms with Crippen LogP contribution in [0.15, 0.2) is 42.6 Å². The van der Waals surface area contributed by atoms with Gasteiger partial charge in [-0.05, 0) is 49.4 Å². The summed E-state index contributed by atoms with van der Waals surface area (Å²) in [5.41, 5.74) is 1.02. The van der Waals surface area contributed by atoms with E-state index in [-0.39, 0.29) is 18.2 Å². The maximum Gasteiger partial charge on any atom is 0.416 e. The Morgan fingerprint density at radius 3 is 2.46 bits per heavy atom. The highest BCUT2D eigenvalue weighted by atomic mass is 19.4. The highest BCUT2D eigenvalue weighted by Gasteiger charge is 2.31. The van der Waals surface area contributed by atoms with E-state index in [1.165, 1.54) is 19.2 Å². The molecule has 0 saturated heterocycles. The second kappa shape index (κ2) is 9.34. The number of nitrogens with one attached hydrogen (secondary N) is 1. The summed E-state index contributed by atoms with van der Waals surface area (Å²) in [5.74, 6) is -0.166. The van der Waals surface area contributed by atoms with E-state index in [0.717, 1.165) is 25.0 Å². The molecule has 0 unspecified atom stereocenters. The van der Waals surface area contributed by atoms with Gasteiger partial charge >= 0.3 is 12.1 Å². The molecule has 0 bridgehead atoms. The molecule has 1 aliphatic carbocycles. The summed E-state index contributed by atoms with van der Waals surface area (Å²) in [6.45, 7) is 2.13. The number of alkyl halides is 3. The van der Waals surface area contributed by atoms with Gasteiger partial charge in [0.1, 0.15) is 11.3 Å². The number of carboxylic acids is 1. The van der Waals surface area contributed by atoms with Crippen LogP contribution in [0.4, 0.5) is 19.0 Å². The molecule has 9 nitrogen and oxygen atoms in total. The molecule has 4 aromatic rings. The number of imidazole rings is 1. The van der Waals surface area contributed by atoms with Crippen molar-refractivity contribution in [3.8, 4) is 17.3 Å². The molecule has 0 amide bonds. The second-order valence-electron chi connectivity index (χ2n) is 8.95. The normalized spacial score (nSPS) is 14.5. The number of hydrogen-bond donors (Lipinski definition) is 2. The molecular weight excluding hydrogens is 489 g/mol.